The Hall–Kier alpha value is -2.82. The standard InChI is InChI=1S/C21H25N3O2/c1-5-26-17-9-10-19-18(13-17)15(3)20(23-19)21(25)24(4)14(2)12-16-8-6-7-11-22-16/h6-11,13-14,23H,5,12H2,1-4H3/t14-/m1/s1. The summed E-state index contributed by atoms with van der Waals surface area (Å²) >= 11 is 0. The summed E-state index contributed by atoms with van der Waals surface area (Å²) in [6.45, 7) is 6.59. The molecule has 3 aromatic rings. The Labute approximate surface area is 154 Å². The minimum absolute atomic E-state index is 0.0138. The summed E-state index contributed by atoms with van der Waals surface area (Å²) in [6.07, 6.45) is 2.50. The largest absolute Gasteiger partial charge is 0.494 e. The Morgan fingerprint density at radius 1 is 1.31 bits per heavy atom. The van der Waals surface area contributed by atoms with Gasteiger partial charge in [0.2, 0.25) is 0 Å². The van der Waals surface area contributed by atoms with Gasteiger partial charge in [-0.05, 0) is 56.7 Å². The number of ether oxygens (including phenoxy) is 1. The third-order valence-corrected chi connectivity index (χ3v) is 4.77. The van der Waals surface area contributed by atoms with Crippen LogP contribution in [0, 0.1) is 6.92 Å². The number of aromatic nitrogens is 2. The Morgan fingerprint density at radius 2 is 2.12 bits per heavy atom. The van der Waals surface area contributed by atoms with Crippen LogP contribution in [0.25, 0.3) is 10.9 Å². The van der Waals surface area contributed by atoms with Gasteiger partial charge >= 0.3 is 0 Å². The van der Waals surface area contributed by atoms with Crippen LogP contribution < -0.4 is 4.74 Å². The Kier molecular flexibility index (Phi) is 5.26. The fourth-order valence-electron chi connectivity index (χ4n) is 3.11. The highest BCUT2D eigenvalue weighted by Gasteiger charge is 2.22. The van der Waals surface area contributed by atoms with Crippen LogP contribution in [0.3, 0.4) is 0 Å². The number of hydrogen-bond donors (Lipinski definition) is 1. The molecule has 1 aromatic carbocycles. The lowest BCUT2D eigenvalue weighted by Crippen LogP contribution is -2.37. The lowest BCUT2D eigenvalue weighted by Gasteiger charge is -2.24. The van der Waals surface area contributed by atoms with Crippen LogP contribution >= 0.6 is 0 Å². The quantitative estimate of drug-likeness (QED) is 0.731. The predicted octanol–water partition coefficient (Wildman–Crippen LogP) is 3.97. The van der Waals surface area contributed by atoms with Crippen LogP contribution in [0.5, 0.6) is 5.75 Å². The highest BCUT2D eigenvalue weighted by atomic mass is 16.5. The average molecular weight is 351 g/mol. The maximum Gasteiger partial charge on any atom is 0.270 e. The number of fused-ring (bicyclic) bond motifs is 1. The molecule has 0 saturated heterocycles. The summed E-state index contributed by atoms with van der Waals surface area (Å²) in [5, 5.41) is 1.02. The van der Waals surface area contributed by atoms with Crippen LogP contribution in [-0.2, 0) is 6.42 Å². The molecule has 0 aliphatic heterocycles. The van der Waals surface area contributed by atoms with Crippen LogP contribution in [0.1, 0.15) is 35.6 Å². The number of aryl methyl sites for hydroxylation is 1. The van der Waals surface area contributed by atoms with E-state index in [0.717, 1.165) is 34.3 Å². The molecule has 0 unspecified atom stereocenters. The van der Waals surface area contributed by atoms with Gasteiger partial charge in [0.25, 0.3) is 5.91 Å². The van der Waals surface area contributed by atoms with Gasteiger partial charge in [0.15, 0.2) is 0 Å². The van der Waals surface area contributed by atoms with Gasteiger partial charge in [-0.1, -0.05) is 6.07 Å². The first-order valence-corrected chi connectivity index (χ1v) is 8.93. The second-order valence-electron chi connectivity index (χ2n) is 6.56. The smallest absolute Gasteiger partial charge is 0.270 e. The lowest BCUT2D eigenvalue weighted by molar-refractivity contribution is 0.0737. The number of nitrogens with zero attached hydrogens (tertiary/aromatic N) is 2. The molecule has 2 heterocycles. The van der Waals surface area contributed by atoms with E-state index in [1.54, 1.807) is 11.1 Å². The number of amides is 1. The fourth-order valence-corrected chi connectivity index (χ4v) is 3.11. The molecule has 1 amide bonds. The van der Waals surface area contributed by atoms with E-state index in [4.69, 9.17) is 4.74 Å². The van der Waals surface area contributed by atoms with E-state index in [1.165, 1.54) is 0 Å². The Morgan fingerprint density at radius 3 is 2.81 bits per heavy atom. The molecule has 3 rings (SSSR count). The SMILES string of the molecule is CCOc1ccc2[nH]c(C(=O)N(C)[C@H](C)Cc3ccccn3)c(C)c2c1. The molecule has 5 heteroatoms. The number of likely N-dealkylation sites (N-methyl/N-ethyl adjacent to an activating group) is 1. The predicted molar refractivity (Wildman–Crippen MR) is 104 cm³/mol. The van der Waals surface area contributed by atoms with Gasteiger partial charge in [-0.25, -0.2) is 0 Å². The molecule has 26 heavy (non-hydrogen) atoms. The Balaban J connectivity index is 1.83. The van der Waals surface area contributed by atoms with Crippen LogP contribution in [0.4, 0.5) is 0 Å². The zero-order valence-corrected chi connectivity index (χ0v) is 15.7. The fraction of sp³-hybridized carbons (Fsp3) is 0.333. The number of H-pyrrole nitrogens is 1. The molecule has 0 spiro atoms. The minimum Gasteiger partial charge on any atom is -0.494 e. The third-order valence-electron chi connectivity index (χ3n) is 4.77. The molecule has 0 fully saturated rings. The molecule has 0 aliphatic rings. The number of nitrogens with one attached hydrogen (secondary N) is 1. The number of hydrogen-bond acceptors (Lipinski definition) is 3. The topological polar surface area (TPSA) is 58.2 Å². The molecular formula is C21H25N3O2. The zero-order chi connectivity index (χ0) is 18.7. The monoisotopic (exact) mass is 351 g/mol. The van der Waals surface area contributed by atoms with Gasteiger partial charge in [-0.3, -0.25) is 9.78 Å². The van der Waals surface area contributed by atoms with Gasteiger partial charge in [0, 0.05) is 42.3 Å². The first-order valence-electron chi connectivity index (χ1n) is 8.93. The molecule has 0 radical (unpaired) electrons. The van der Waals surface area contributed by atoms with E-state index in [2.05, 4.69) is 9.97 Å². The summed E-state index contributed by atoms with van der Waals surface area (Å²) in [6, 6.07) is 11.8. The van der Waals surface area contributed by atoms with E-state index >= 15 is 0 Å². The average Bonchev–Trinajstić information content (AvgIpc) is 2.98. The van der Waals surface area contributed by atoms with Crippen molar-refractivity contribution in [3.63, 3.8) is 0 Å². The van der Waals surface area contributed by atoms with Crippen molar-refractivity contribution >= 4 is 16.8 Å². The maximum absolute atomic E-state index is 13.0. The van der Waals surface area contributed by atoms with Crippen LogP contribution in [0.2, 0.25) is 0 Å². The van der Waals surface area contributed by atoms with Gasteiger partial charge in [0.05, 0.1) is 6.61 Å². The van der Waals surface area contributed by atoms with Gasteiger partial charge < -0.3 is 14.6 Å². The number of pyridine rings is 1. The molecule has 0 aliphatic carbocycles. The zero-order valence-electron chi connectivity index (χ0n) is 15.7. The van der Waals surface area contributed by atoms with Crippen LogP contribution in [0.15, 0.2) is 42.6 Å². The van der Waals surface area contributed by atoms with Crippen molar-refractivity contribution in [3.05, 3.63) is 59.5 Å². The number of rotatable bonds is 6. The van der Waals surface area contributed by atoms with E-state index in [0.29, 0.717) is 12.3 Å². The molecule has 136 valence electrons. The summed E-state index contributed by atoms with van der Waals surface area (Å²) < 4.78 is 5.57. The molecule has 0 saturated carbocycles. The van der Waals surface area contributed by atoms with Crippen molar-refractivity contribution in [1.82, 2.24) is 14.9 Å². The van der Waals surface area contributed by atoms with Crippen molar-refractivity contribution < 1.29 is 9.53 Å². The first-order chi connectivity index (χ1) is 12.5. The molecule has 0 bridgehead atoms. The van der Waals surface area contributed by atoms with E-state index in [-0.39, 0.29) is 11.9 Å². The van der Waals surface area contributed by atoms with Gasteiger partial charge in [-0.2, -0.15) is 0 Å². The number of benzene rings is 1. The number of aromatic amines is 1. The van der Waals surface area contributed by atoms with Crippen molar-refractivity contribution in [2.45, 2.75) is 33.2 Å². The molecule has 5 nitrogen and oxygen atoms in total. The van der Waals surface area contributed by atoms with Gasteiger partial charge in [-0.15, -0.1) is 0 Å². The number of carbonyl (C=O) groups excluding carboxylic acids is 1. The summed E-state index contributed by atoms with van der Waals surface area (Å²) in [7, 11) is 1.84. The van der Waals surface area contributed by atoms with Crippen LogP contribution in [-0.4, -0.2) is 40.5 Å². The summed E-state index contributed by atoms with van der Waals surface area (Å²) in [5.74, 6) is 0.804. The summed E-state index contributed by atoms with van der Waals surface area (Å²) in [5.41, 5.74) is 3.50. The van der Waals surface area contributed by atoms with Crippen molar-refractivity contribution in [3.8, 4) is 5.75 Å². The number of carbonyl (C=O) groups is 1. The van der Waals surface area contributed by atoms with Crippen molar-refractivity contribution in [2.75, 3.05) is 13.7 Å². The highest BCUT2D eigenvalue weighted by Crippen LogP contribution is 2.27. The normalized spacial score (nSPS) is 12.2. The maximum atomic E-state index is 13.0. The van der Waals surface area contributed by atoms with Crippen molar-refractivity contribution in [1.29, 1.82) is 0 Å². The molecular weight excluding hydrogens is 326 g/mol. The third kappa shape index (κ3) is 3.57. The van der Waals surface area contributed by atoms with E-state index in [1.807, 2.05) is 64.2 Å². The summed E-state index contributed by atoms with van der Waals surface area (Å²) in [4.78, 5) is 22.4. The highest BCUT2D eigenvalue weighted by molar-refractivity contribution is 6.01. The first kappa shape index (κ1) is 18.0. The van der Waals surface area contributed by atoms with E-state index in [9.17, 15) is 4.79 Å². The Bertz CT molecular complexity index is 902. The van der Waals surface area contributed by atoms with Gasteiger partial charge in [0.1, 0.15) is 11.4 Å². The molecule has 2 aromatic heterocycles. The molecule has 1 N–H and O–H groups in total. The van der Waals surface area contributed by atoms with Crippen molar-refractivity contribution in [2.24, 2.45) is 0 Å². The van der Waals surface area contributed by atoms with E-state index < -0.39 is 0 Å². The minimum atomic E-state index is -0.0138. The molecule has 1 atom stereocenters. The second kappa shape index (κ2) is 7.60. The lowest BCUT2D eigenvalue weighted by atomic mass is 10.1. The second-order valence-corrected chi connectivity index (χ2v) is 6.56.